The molecule has 0 saturated heterocycles. The Morgan fingerprint density at radius 1 is 0.976 bits per heavy atom. The van der Waals surface area contributed by atoms with E-state index in [1.165, 1.54) is 43.2 Å². The van der Waals surface area contributed by atoms with E-state index in [-0.39, 0.29) is 17.9 Å². The second-order valence-electron chi connectivity index (χ2n) is 9.97. The topological polar surface area (TPSA) is 61.8 Å². The fraction of sp³-hybridized carbons (Fsp3) is 0.387. The van der Waals surface area contributed by atoms with E-state index in [0.29, 0.717) is 40.6 Å². The number of ether oxygens (including phenoxy) is 1. The summed E-state index contributed by atoms with van der Waals surface area (Å²) >= 11 is 1.34. The molecule has 0 bridgehead atoms. The van der Waals surface area contributed by atoms with Crippen molar-refractivity contribution in [1.82, 2.24) is 5.32 Å². The molecule has 1 atom stereocenters. The number of hydrogen-bond donors (Lipinski definition) is 2. The molecule has 5 nitrogen and oxygen atoms in total. The highest BCUT2D eigenvalue weighted by Crippen LogP contribution is 2.39. The Kier molecular flexibility index (Phi) is 10.9. The zero-order chi connectivity index (χ0) is 29.4. The van der Waals surface area contributed by atoms with Crippen molar-refractivity contribution in [1.29, 1.82) is 0 Å². The first-order valence-corrected chi connectivity index (χ1v) is 14.8. The van der Waals surface area contributed by atoms with Gasteiger partial charge in [0.1, 0.15) is 35.2 Å². The number of carbonyl (C=O) groups excluding carboxylic acids is 1. The second kappa shape index (κ2) is 14.6. The summed E-state index contributed by atoms with van der Waals surface area (Å²) in [4.78, 5) is 15.1. The Hall–Kier alpha value is -3.24. The maximum absolute atomic E-state index is 15.0. The largest absolute Gasteiger partial charge is 0.493 e. The van der Waals surface area contributed by atoms with Crippen molar-refractivity contribution in [3.8, 4) is 5.75 Å². The number of rotatable bonds is 13. The SMILES string of the molecule is CCCCCCCCOc1cccc(F)c1CN1c2ccc(C(=O)NCc3c(F)cc(F)cc3F)cc2SCC1O. The van der Waals surface area contributed by atoms with Crippen LogP contribution < -0.4 is 15.0 Å². The summed E-state index contributed by atoms with van der Waals surface area (Å²) in [5, 5.41) is 13.3. The van der Waals surface area contributed by atoms with Gasteiger partial charge in [-0.2, -0.15) is 0 Å². The van der Waals surface area contributed by atoms with Gasteiger partial charge < -0.3 is 20.1 Å². The minimum atomic E-state index is -1.09. The Balaban J connectivity index is 1.44. The van der Waals surface area contributed by atoms with E-state index < -0.39 is 47.5 Å². The molecular formula is C31H34F4N2O3S. The predicted molar refractivity (Wildman–Crippen MR) is 152 cm³/mol. The number of nitrogens with zero attached hydrogens (tertiary/aromatic N) is 1. The molecule has 0 spiro atoms. The summed E-state index contributed by atoms with van der Waals surface area (Å²) in [5.74, 6) is -3.51. The summed E-state index contributed by atoms with van der Waals surface area (Å²) in [6, 6.07) is 10.6. The van der Waals surface area contributed by atoms with Crippen LogP contribution in [0, 0.1) is 23.3 Å². The highest BCUT2D eigenvalue weighted by atomic mass is 32.2. The molecule has 1 amide bonds. The van der Waals surface area contributed by atoms with Gasteiger partial charge in [0.15, 0.2) is 0 Å². The molecule has 1 unspecified atom stereocenters. The molecule has 41 heavy (non-hydrogen) atoms. The number of unbranched alkanes of at least 4 members (excludes halogenated alkanes) is 5. The molecule has 3 aromatic carbocycles. The second-order valence-corrected chi connectivity index (χ2v) is 11.0. The van der Waals surface area contributed by atoms with Crippen LogP contribution in [-0.4, -0.2) is 29.6 Å². The van der Waals surface area contributed by atoms with Crippen molar-refractivity contribution in [3.63, 3.8) is 0 Å². The van der Waals surface area contributed by atoms with Gasteiger partial charge in [-0.25, -0.2) is 17.6 Å². The Bertz CT molecular complexity index is 1330. The molecule has 0 aliphatic carbocycles. The van der Waals surface area contributed by atoms with Crippen LogP contribution in [0.5, 0.6) is 5.75 Å². The third-order valence-corrected chi connectivity index (χ3v) is 8.07. The van der Waals surface area contributed by atoms with Crippen LogP contribution in [0.2, 0.25) is 0 Å². The van der Waals surface area contributed by atoms with Crippen molar-refractivity contribution in [2.24, 2.45) is 0 Å². The zero-order valence-electron chi connectivity index (χ0n) is 22.9. The van der Waals surface area contributed by atoms with E-state index >= 15 is 0 Å². The van der Waals surface area contributed by atoms with Gasteiger partial charge >= 0.3 is 0 Å². The van der Waals surface area contributed by atoms with Crippen LogP contribution in [0.1, 0.15) is 66.9 Å². The molecule has 3 aromatic rings. The van der Waals surface area contributed by atoms with E-state index in [4.69, 9.17) is 4.74 Å². The Morgan fingerprint density at radius 2 is 1.71 bits per heavy atom. The maximum atomic E-state index is 15.0. The fourth-order valence-corrected chi connectivity index (χ4v) is 5.74. The highest BCUT2D eigenvalue weighted by Gasteiger charge is 2.28. The van der Waals surface area contributed by atoms with E-state index in [1.807, 2.05) is 0 Å². The lowest BCUT2D eigenvalue weighted by Gasteiger charge is -2.36. The smallest absolute Gasteiger partial charge is 0.251 e. The number of anilines is 1. The van der Waals surface area contributed by atoms with Gasteiger partial charge in [0, 0.05) is 46.0 Å². The summed E-state index contributed by atoms with van der Waals surface area (Å²) in [7, 11) is 0. The zero-order valence-corrected chi connectivity index (χ0v) is 23.7. The van der Waals surface area contributed by atoms with Crippen molar-refractivity contribution in [3.05, 3.63) is 88.5 Å². The van der Waals surface area contributed by atoms with Gasteiger partial charge in [-0.3, -0.25) is 4.79 Å². The van der Waals surface area contributed by atoms with Gasteiger partial charge in [0.25, 0.3) is 5.91 Å². The van der Waals surface area contributed by atoms with Crippen LogP contribution in [0.4, 0.5) is 23.2 Å². The van der Waals surface area contributed by atoms with Crippen molar-refractivity contribution < 1.29 is 32.2 Å². The van der Waals surface area contributed by atoms with E-state index in [2.05, 4.69) is 12.2 Å². The number of fused-ring (bicyclic) bond motifs is 1. The Labute approximate surface area is 241 Å². The molecule has 2 N–H and O–H groups in total. The first kappa shape index (κ1) is 30.7. The van der Waals surface area contributed by atoms with E-state index in [9.17, 15) is 27.5 Å². The van der Waals surface area contributed by atoms with Crippen molar-refractivity contribution in [2.45, 2.75) is 69.7 Å². The highest BCUT2D eigenvalue weighted by molar-refractivity contribution is 7.99. The van der Waals surface area contributed by atoms with Crippen LogP contribution in [0.3, 0.4) is 0 Å². The summed E-state index contributed by atoms with van der Waals surface area (Å²) in [5.41, 5.74) is 0.747. The number of benzene rings is 3. The molecule has 1 aliphatic heterocycles. The molecule has 0 radical (unpaired) electrons. The normalized spacial score (nSPS) is 14.6. The quantitative estimate of drug-likeness (QED) is 0.161. The lowest BCUT2D eigenvalue weighted by atomic mass is 10.1. The lowest BCUT2D eigenvalue weighted by molar-refractivity contribution is 0.0950. The van der Waals surface area contributed by atoms with E-state index in [0.717, 1.165) is 19.3 Å². The molecular weight excluding hydrogens is 556 g/mol. The molecule has 1 aliphatic rings. The third kappa shape index (κ3) is 7.95. The average molecular weight is 591 g/mol. The third-order valence-electron chi connectivity index (χ3n) is 6.97. The molecule has 1 heterocycles. The molecule has 220 valence electrons. The molecule has 0 aromatic heterocycles. The number of carbonyl (C=O) groups is 1. The first-order chi connectivity index (χ1) is 19.8. The van der Waals surface area contributed by atoms with Gasteiger partial charge in [0.2, 0.25) is 0 Å². The molecule has 4 rings (SSSR count). The number of thioether (sulfide) groups is 1. The van der Waals surface area contributed by atoms with Gasteiger partial charge in [0.05, 0.1) is 18.8 Å². The monoisotopic (exact) mass is 590 g/mol. The van der Waals surface area contributed by atoms with Gasteiger partial charge in [-0.15, -0.1) is 11.8 Å². The number of amides is 1. The van der Waals surface area contributed by atoms with Crippen LogP contribution in [0.15, 0.2) is 53.4 Å². The summed E-state index contributed by atoms with van der Waals surface area (Å²) in [6.07, 6.45) is 5.75. The van der Waals surface area contributed by atoms with Crippen LogP contribution >= 0.6 is 11.8 Å². The number of aliphatic hydroxyl groups is 1. The molecule has 0 saturated carbocycles. The number of halogens is 4. The summed E-state index contributed by atoms with van der Waals surface area (Å²) in [6.45, 7) is 2.25. The number of aliphatic hydroxyl groups excluding tert-OH is 1. The minimum Gasteiger partial charge on any atom is -0.493 e. The lowest BCUT2D eigenvalue weighted by Crippen LogP contribution is -2.39. The number of nitrogens with one attached hydrogen (secondary N) is 1. The van der Waals surface area contributed by atoms with Crippen molar-refractivity contribution in [2.75, 3.05) is 17.3 Å². The minimum absolute atomic E-state index is 0.0574. The van der Waals surface area contributed by atoms with Crippen molar-refractivity contribution >= 4 is 23.4 Å². The van der Waals surface area contributed by atoms with Gasteiger partial charge in [-0.05, 0) is 36.8 Å². The summed E-state index contributed by atoms with van der Waals surface area (Å²) < 4.78 is 62.0. The van der Waals surface area contributed by atoms with E-state index in [1.54, 1.807) is 29.2 Å². The first-order valence-electron chi connectivity index (χ1n) is 13.8. The Morgan fingerprint density at radius 3 is 2.46 bits per heavy atom. The number of hydrogen-bond acceptors (Lipinski definition) is 5. The van der Waals surface area contributed by atoms with Crippen LogP contribution in [-0.2, 0) is 13.1 Å². The van der Waals surface area contributed by atoms with Crippen LogP contribution in [0.25, 0.3) is 0 Å². The molecule has 10 heteroatoms. The standard InChI is InChI=1S/C31H34F4N2O3S/c1-2-3-4-5-6-7-13-40-28-10-8-9-24(33)23(28)18-37-27-12-11-20(14-29(27)41-19-30(37)38)31(39)36-17-22-25(34)15-21(32)16-26(22)35/h8-12,14-16,30,38H,2-7,13,17-19H2,1H3,(H,36,39). The fourth-order valence-electron chi connectivity index (χ4n) is 4.69. The molecule has 0 fully saturated rings. The average Bonchev–Trinajstić information content (AvgIpc) is 2.94. The van der Waals surface area contributed by atoms with Gasteiger partial charge in [-0.1, -0.05) is 45.1 Å². The predicted octanol–water partition coefficient (Wildman–Crippen LogP) is 7.34. The maximum Gasteiger partial charge on any atom is 0.251 e.